The summed E-state index contributed by atoms with van der Waals surface area (Å²) in [6, 6.07) is 0. The second-order valence-corrected chi connectivity index (χ2v) is 2.51. The molecule has 1 atom stereocenters. The van der Waals surface area contributed by atoms with E-state index in [0.29, 0.717) is 0 Å². The lowest BCUT2D eigenvalue weighted by atomic mass is 10.1. The van der Waals surface area contributed by atoms with Crippen molar-refractivity contribution >= 4 is 5.97 Å². The fraction of sp³-hybridized carbons (Fsp3) is 0.600. The van der Waals surface area contributed by atoms with Crippen LogP contribution >= 0.6 is 0 Å². The zero-order valence-corrected chi connectivity index (χ0v) is 6.31. The van der Waals surface area contributed by atoms with Gasteiger partial charge in [0.1, 0.15) is 6.33 Å². The van der Waals surface area contributed by atoms with Gasteiger partial charge in [-0.25, -0.2) is 13.9 Å². The van der Waals surface area contributed by atoms with E-state index in [4.69, 9.17) is 5.11 Å². The van der Waals surface area contributed by atoms with Gasteiger partial charge in [0.15, 0.2) is 0 Å². The van der Waals surface area contributed by atoms with Crippen molar-refractivity contribution in [1.29, 1.82) is 0 Å². The number of alkyl halides is 1. The average molecular weight is 174 g/mol. The highest BCUT2D eigenvalue weighted by molar-refractivity contribution is 5.76. The minimum Gasteiger partial charge on any atom is -0.479 e. The maximum absolute atomic E-state index is 13.1. The van der Waals surface area contributed by atoms with Gasteiger partial charge in [-0.1, -0.05) is 0 Å². The van der Waals surface area contributed by atoms with Gasteiger partial charge in [-0.2, -0.15) is 0 Å². The number of nitrogens with zero attached hydrogens (tertiary/aromatic N) is 4. The number of hydrogen-bond acceptors (Lipinski definition) is 4. The molecule has 0 amide bonds. The number of aromatic nitrogens is 4. The first-order valence-corrected chi connectivity index (χ1v) is 3.15. The van der Waals surface area contributed by atoms with Crippen molar-refractivity contribution in [3.8, 4) is 0 Å². The minimum absolute atomic E-state index is 0.394. The zero-order chi connectivity index (χ0) is 9.19. The summed E-state index contributed by atoms with van der Waals surface area (Å²) in [5.41, 5.74) is -2.34. The smallest absolute Gasteiger partial charge is 0.343 e. The van der Waals surface area contributed by atoms with Gasteiger partial charge in [-0.15, -0.1) is 5.10 Å². The summed E-state index contributed by atoms with van der Waals surface area (Å²) in [5, 5.41) is 18.2. The Kier molecular flexibility index (Phi) is 2.03. The first-order valence-electron chi connectivity index (χ1n) is 3.15. The number of aliphatic carboxylic acids is 1. The predicted octanol–water partition coefficient (Wildman–Crippen LogP) is -0.514. The highest BCUT2D eigenvalue weighted by atomic mass is 19.1. The second-order valence-electron chi connectivity index (χ2n) is 2.51. The van der Waals surface area contributed by atoms with Crippen molar-refractivity contribution in [2.45, 2.75) is 19.1 Å². The van der Waals surface area contributed by atoms with E-state index >= 15 is 0 Å². The van der Waals surface area contributed by atoms with Gasteiger partial charge in [-0.3, -0.25) is 0 Å². The van der Waals surface area contributed by atoms with Crippen molar-refractivity contribution in [2.24, 2.45) is 0 Å². The first-order chi connectivity index (χ1) is 5.52. The Hall–Kier alpha value is -1.53. The van der Waals surface area contributed by atoms with Crippen LogP contribution in [0.15, 0.2) is 6.33 Å². The minimum atomic E-state index is -2.34. The average Bonchev–Trinajstić information content (AvgIpc) is 2.38. The van der Waals surface area contributed by atoms with E-state index in [1.807, 2.05) is 0 Å². The van der Waals surface area contributed by atoms with Crippen LogP contribution in [0.2, 0.25) is 0 Å². The normalized spacial score (nSPS) is 15.5. The maximum atomic E-state index is 13.1. The summed E-state index contributed by atoms with van der Waals surface area (Å²) in [7, 11) is 0. The van der Waals surface area contributed by atoms with Gasteiger partial charge in [0, 0.05) is 0 Å². The quantitative estimate of drug-likeness (QED) is 0.667. The molecular formula is C5H7FN4O2. The summed E-state index contributed by atoms with van der Waals surface area (Å²) in [4.78, 5) is 10.3. The second kappa shape index (κ2) is 2.84. The molecule has 0 spiro atoms. The number of hydrogen-bond donors (Lipinski definition) is 1. The lowest BCUT2D eigenvalue weighted by molar-refractivity contribution is -0.150. The molecule has 0 fully saturated rings. The molecule has 1 unspecified atom stereocenters. The molecule has 1 aromatic rings. The molecular weight excluding hydrogens is 167 g/mol. The van der Waals surface area contributed by atoms with Gasteiger partial charge in [0.25, 0.3) is 0 Å². The van der Waals surface area contributed by atoms with Crippen LogP contribution in [0.4, 0.5) is 4.39 Å². The van der Waals surface area contributed by atoms with Crippen molar-refractivity contribution in [3.05, 3.63) is 6.33 Å². The largest absolute Gasteiger partial charge is 0.479 e. The Morgan fingerprint density at radius 3 is 2.92 bits per heavy atom. The fourth-order valence-electron chi connectivity index (χ4n) is 0.625. The van der Waals surface area contributed by atoms with E-state index in [-0.39, 0.29) is 0 Å². The number of tetrazole rings is 1. The van der Waals surface area contributed by atoms with Gasteiger partial charge < -0.3 is 5.11 Å². The maximum Gasteiger partial charge on any atom is 0.343 e. The van der Waals surface area contributed by atoms with E-state index < -0.39 is 18.2 Å². The Bertz CT molecular complexity index is 271. The SMILES string of the molecule is CC(F)(Cn1cnnn1)C(=O)O. The molecule has 0 saturated carbocycles. The van der Waals surface area contributed by atoms with Crippen LogP contribution in [0.5, 0.6) is 0 Å². The molecule has 1 heterocycles. The molecule has 0 bridgehead atoms. The highest BCUT2D eigenvalue weighted by Crippen LogP contribution is 2.11. The van der Waals surface area contributed by atoms with Crippen LogP contribution in [0, 0.1) is 0 Å². The number of rotatable bonds is 3. The lowest BCUT2D eigenvalue weighted by Crippen LogP contribution is -2.35. The van der Waals surface area contributed by atoms with Crippen LogP contribution in [-0.2, 0) is 11.3 Å². The molecule has 1 aromatic heterocycles. The van der Waals surface area contributed by atoms with E-state index in [1.165, 1.54) is 0 Å². The van der Waals surface area contributed by atoms with Crippen LogP contribution in [0.1, 0.15) is 6.92 Å². The number of halogens is 1. The first kappa shape index (κ1) is 8.57. The number of carboxylic acid groups (broad SMARTS) is 1. The molecule has 1 N–H and O–H groups in total. The van der Waals surface area contributed by atoms with E-state index in [1.54, 1.807) is 0 Å². The Labute approximate surface area is 67.0 Å². The third-order valence-electron chi connectivity index (χ3n) is 1.30. The number of carbonyl (C=O) groups is 1. The Balaban J connectivity index is 2.69. The molecule has 0 aliphatic rings. The third kappa shape index (κ3) is 1.74. The van der Waals surface area contributed by atoms with Crippen molar-refractivity contribution in [1.82, 2.24) is 20.2 Å². The molecule has 0 aliphatic heterocycles. The van der Waals surface area contributed by atoms with Crippen LogP contribution in [0.3, 0.4) is 0 Å². The van der Waals surface area contributed by atoms with Crippen molar-refractivity contribution < 1.29 is 14.3 Å². The molecule has 0 radical (unpaired) electrons. The molecule has 0 aromatic carbocycles. The van der Waals surface area contributed by atoms with Crippen LogP contribution < -0.4 is 0 Å². The molecule has 66 valence electrons. The summed E-state index contributed by atoms with van der Waals surface area (Å²) < 4.78 is 14.1. The molecule has 0 aliphatic carbocycles. The molecule has 12 heavy (non-hydrogen) atoms. The lowest BCUT2D eigenvalue weighted by Gasteiger charge is -2.12. The standard InChI is InChI=1S/C5H7FN4O2/c1-5(6,4(11)12)2-10-3-7-8-9-10/h3H,2H2,1H3,(H,11,12). The topological polar surface area (TPSA) is 80.9 Å². The predicted molar refractivity (Wildman–Crippen MR) is 35.0 cm³/mol. The molecule has 1 rings (SSSR count). The van der Waals surface area contributed by atoms with Crippen LogP contribution in [-0.4, -0.2) is 37.0 Å². The number of carboxylic acids is 1. The van der Waals surface area contributed by atoms with E-state index in [9.17, 15) is 9.18 Å². The zero-order valence-electron chi connectivity index (χ0n) is 6.31. The summed E-state index contributed by atoms with van der Waals surface area (Å²) in [6.07, 6.45) is 1.15. The summed E-state index contributed by atoms with van der Waals surface area (Å²) >= 11 is 0. The Morgan fingerprint density at radius 2 is 2.50 bits per heavy atom. The van der Waals surface area contributed by atoms with Crippen molar-refractivity contribution in [3.63, 3.8) is 0 Å². The van der Waals surface area contributed by atoms with Gasteiger partial charge in [0.05, 0.1) is 6.54 Å². The van der Waals surface area contributed by atoms with Gasteiger partial charge in [-0.05, 0) is 17.4 Å². The monoisotopic (exact) mass is 174 g/mol. The highest BCUT2D eigenvalue weighted by Gasteiger charge is 2.33. The Morgan fingerprint density at radius 1 is 1.83 bits per heavy atom. The molecule has 0 saturated heterocycles. The van der Waals surface area contributed by atoms with Gasteiger partial charge >= 0.3 is 5.97 Å². The van der Waals surface area contributed by atoms with Crippen LogP contribution in [0.25, 0.3) is 0 Å². The summed E-state index contributed by atoms with van der Waals surface area (Å²) in [6.45, 7) is 0.562. The van der Waals surface area contributed by atoms with Crippen molar-refractivity contribution in [2.75, 3.05) is 0 Å². The third-order valence-corrected chi connectivity index (χ3v) is 1.30. The van der Waals surface area contributed by atoms with E-state index in [0.717, 1.165) is 17.9 Å². The summed E-state index contributed by atoms with van der Waals surface area (Å²) in [5.74, 6) is -1.53. The van der Waals surface area contributed by atoms with E-state index in [2.05, 4.69) is 15.5 Å². The fourth-order valence-corrected chi connectivity index (χ4v) is 0.625. The molecule has 6 nitrogen and oxygen atoms in total. The molecule has 7 heteroatoms. The van der Waals surface area contributed by atoms with Gasteiger partial charge in [0.2, 0.25) is 5.67 Å².